The van der Waals surface area contributed by atoms with Gasteiger partial charge >= 0.3 is 6.09 Å². The molecule has 1 amide bonds. The number of carbonyl (C=O) groups is 1. The molecule has 3 aromatic rings. The number of amides is 1. The highest BCUT2D eigenvalue weighted by molar-refractivity contribution is 5.86. The average molecular weight is 447 g/mol. The number of nitrogens with zero attached hydrogens (tertiary/aromatic N) is 4. The molecular formula is C25H26N4O4. The van der Waals surface area contributed by atoms with Gasteiger partial charge in [-0.1, -0.05) is 30.3 Å². The second kappa shape index (κ2) is 9.17. The Morgan fingerprint density at radius 2 is 1.70 bits per heavy atom. The number of anilines is 2. The Balaban J connectivity index is 1.52. The molecule has 0 saturated carbocycles. The number of benzene rings is 2. The zero-order chi connectivity index (χ0) is 22.8. The van der Waals surface area contributed by atoms with E-state index in [4.69, 9.17) is 14.7 Å². The van der Waals surface area contributed by atoms with E-state index in [-0.39, 0.29) is 25.4 Å². The van der Waals surface area contributed by atoms with Gasteiger partial charge in [0.2, 0.25) is 0 Å². The van der Waals surface area contributed by atoms with E-state index in [9.17, 15) is 15.0 Å². The van der Waals surface area contributed by atoms with Crippen molar-refractivity contribution in [2.24, 2.45) is 0 Å². The molecule has 2 unspecified atom stereocenters. The molecule has 170 valence electrons. The van der Waals surface area contributed by atoms with E-state index < -0.39 is 6.09 Å². The van der Waals surface area contributed by atoms with Gasteiger partial charge in [-0.3, -0.25) is 4.90 Å². The Bertz CT molecular complexity index is 1110. The molecule has 2 N–H and O–H groups in total. The fourth-order valence-corrected chi connectivity index (χ4v) is 4.51. The smallest absolute Gasteiger partial charge is 0.411 e. The number of fused-ring (bicyclic) bond motifs is 2. The van der Waals surface area contributed by atoms with Crippen LogP contribution < -0.4 is 9.80 Å². The lowest BCUT2D eigenvalue weighted by Crippen LogP contribution is -2.43. The highest BCUT2D eigenvalue weighted by Crippen LogP contribution is 2.32. The predicted molar refractivity (Wildman–Crippen MR) is 125 cm³/mol. The first-order valence-corrected chi connectivity index (χ1v) is 11.2. The number of aliphatic hydroxyl groups excluding tert-OH is 1. The average Bonchev–Trinajstić information content (AvgIpc) is 3.20. The Hall–Kier alpha value is -3.49. The van der Waals surface area contributed by atoms with Crippen LogP contribution in [0.25, 0.3) is 22.6 Å². The first-order chi connectivity index (χ1) is 16.1. The molecule has 0 aliphatic carbocycles. The number of hydrogen-bond donors (Lipinski definition) is 2. The summed E-state index contributed by atoms with van der Waals surface area (Å²) in [5.74, 6) is 1.45. The molecule has 1 aromatic heterocycles. The Morgan fingerprint density at radius 3 is 2.33 bits per heavy atom. The fraction of sp³-hybridized carbons (Fsp3) is 0.320. The zero-order valence-electron chi connectivity index (χ0n) is 18.2. The molecule has 2 aliphatic heterocycles. The highest BCUT2D eigenvalue weighted by atomic mass is 16.5. The SMILES string of the molecule is O=C(O)N(CCO)c1ccc(-c2nc(-c3ccccc3)cc(N3CC4CCC(C3)O4)n2)cc1. The van der Waals surface area contributed by atoms with Crippen LogP contribution in [0.1, 0.15) is 12.8 Å². The van der Waals surface area contributed by atoms with E-state index in [2.05, 4.69) is 4.90 Å². The van der Waals surface area contributed by atoms with Crippen molar-refractivity contribution in [2.75, 3.05) is 36.0 Å². The van der Waals surface area contributed by atoms with Crippen molar-refractivity contribution in [3.63, 3.8) is 0 Å². The van der Waals surface area contributed by atoms with Crippen molar-refractivity contribution >= 4 is 17.6 Å². The molecule has 0 radical (unpaired) electrons. The van der Waals surface area contributed by atoms with Crippen LogP contribution in [0.3, 0.4) is 0 Å². The van der Waals surface area contributed by atoms with Crippen molar-refractivity contribution < 1.29 is 19.7 Å². The summed E-state index contributed by atoms with van der Waals surface area (Å²) in [6.45, 7) is 1.39. The molecule has 33 heavy (non-hydrogen) atoms. The third-order valence-electron chi connectivity index (χ3n) is 6.14. The number of aliphatic hydroxyl groups is 1. The van der Waals surface area contributed by atoms with Gasteiger partial charge in [0.15, 0.2) is 5.82 Å². The molecular weight excluding hydrogens is 420 g/mol. The summed E-state index contributed by atoms with van der Waals surface area (Å²) < 4.78 is 6.00. The van der Waals surface area contributed by atoms with Crippen LogP contribution in [-0.4, -0.2) is 64.7 Å². The van der Waals surface area contributed by atoms with Crippen molar-refractivity contribution in [3.8, 4) is 22.6 Å². The number of hydrogen-bond acceptors (Lipinski definition) is 6. The molecule has 2 saturated heterocycles. The summed E-state index contributed by atoms with van der Waals surface area (Å²) in [6, 6.07) is 19.1. The molecule has 5 rings (SSSR count). The molecule has 2 fully saturated rings. The summed E-state index contributed by atoms with van der Waals surface area (Å²) in [4.78, 5) is 24.6. The summed E-state index contributed by atoms with van der Waals surface area (Å²) in [7, 11) is 0. The molecule has 3 heterocycles. The van der Waals surface area contributed by atoms with Crippen LogP contribution in [-0.2, 0) is 4.74 Å². The molecule has 8 nitrogen and oxygen atoms in total. The van der Waals surface area contributed by atoms with E-state index >= 15 is 0 Å². The van der Waals surface area contributed by atoms with E-state index in [1.165, 1.54) is 0 Å². The monoisotopic (exact) mass is 446 g/mol. The van der Waals surface area contributed by atoms with Crippen LogP contribution in [0.2, 0.25) is 0 Å². The van der Waals surface area contributed by atoms with Crippen LogP contribution in [0.5, 0.6) is 0 Å². The van der Waals surface area contributed by atoms with Crippen molar-refractivity contribution in [3.05, 3.63) is 60.7 Å². The lowest BCUT2D eigenvalue weighted by Gasteiger charge is -2.33. The van der Waals surface area contributed by atoms with Crippen LogP contribution in [0, 0.1) is 0 Å². The third kappa shape index (κ3) is 4.53. The maximum atomic E-state index is 11.5. The molecule has 2 bridgehead atoms. The maximum Gasteiger partial charge on any atom is 0.411 e. The maximum absolute atomic E-state index is 11.5. The van der Waals surface area contributed by atoms with Gasteiger partial charge in [0, 0.05) is 36.0 Å². The third-order valence-corrected chi connectivity index (χ3v) is 6.14. The number of carboxylic acid groups (broad SMARTS) is 1. The Labute approximate surface area is 192 Å². The first-order valence-electron chi connectivity index (χ1n) is 11.2. The van der Waals surface area contributed by atoms with Crippen LogP contribution in [0.15, 0.2) is 60.7 Å². The second-order valence-electron chi connectivity index (χ2n) is 8.37. The van der Waals surface area contributed by atoms with Gasteiger partial charge < -0.3 is 19.8 Å². The number of morpholine rings is 1. The highest BCUT2D eigenvalue weighted by Gasteiger charge is 2.34. The van der Waals surface area contributed by atoms with Crippen molar-refractivity contribution in [2.45, 2.75) is 25.0 Å². The number of aromatic nitrogens is 2. The van der Waals surface area contributed by atoms with Gasteiger partial charge in [0.25, 0.3) is 0 Å². The van der Waals surface area contributed by atoms with E-state index in [0.717, 1.165) is 53.5 Å². The summed E-state index contributed by atoms with van der Waals surface area (Å²) in [5, 5.41) is 18.6. The van der Waals surface area contributed by atoms with E-state index in [1.807, 2.05) is 48.5 Å². The van der Waals surface area contributed by atoms with Crippen molar-refractivity contribution in [1.82, 2.24) is 9.97 Å². The van der Waals surface area contributed by atoms with Gasteiger partial charge in [0.1, 0.15) is 5.82 Å². The zero-order valence-corrected chi connectivity index (χ0v) is 18.2. The lowest BCUT2D eigenvalue weighted by atomic mass is 10.1. The van der Waals surface area contributed by atoms with E-state index in [1.54, 1.807) is 12.1 Å². The van der Waals surface area contributed by atoms with Crippen LogP contribution >= 0.6 is 0 Å². The van der Waals surface area contributed by atoms with E-state index in [0.29, 0.717) is 11.5 Å². The molecule has 2 aliphatic rings. The Kier molecular flexibility index (Phi) is 5.93. The van der Waals surface area contributed by atoms with Crippen molar-refractivity contribution in [1.29, 1.82) is 0 Å². The summed E-state index contributed by atoms with van der Waals surface area (Å²) in [5.41, 5.74) is 3.13. The molecule has 2 atom stereocenters. The van der Waals surface area contributed by atoms with Gasteiger partial charge in [-0.05, 0) is 37.1 Å². The minimum absolute atomic E-state index is 0.0121. The minimum atomic E-state index is -1.11. The molecule has 2 aromatic carbocycles. The molecule has 0 spiro atoms. The Morgan fingerprint density at radius 1 is 1.00 bits per heavy atom. The standard InChI is InChI=1S/C25H26N4O4/c30-13-12-29(25(31)32)19-8-6-18(7-9-19)24-26-22(17-4-2-1-3-5-17)14-23(27-24)28-15-20-10-11-21(16-28)33-20/h1-9,14,20-21,30H,10-13,15-16H2,(H,31,32). The molecule has 8 heteroatoms. The number of rotatable bonds is 6. The lowest BCUT2D eigenvalue weighted by molar-refractivity contribution is 0.0302. The largest absolute Gasteiger partial charge is 0.465 e. The quantitative estimate of drug-likeness (QED) is 0.596. The predicted octanol–water partition coefficient (Wildman–Crippen LogP) is 3.65. The van der Waals surface area contributed by atoms with Gasteiger partial charge in [-0.15, -0.1) is 0 Å². The number of ether oxygens (including phenoxy) is 1. The second-order valence-corrected chi connectivity index (χ2v) is 8.37. The van der Waals surface area contributed by atoms with Gasteiger partial charge in [-0.2, -0.15) is 0 Å². The van der Waals surface area contributed by atoms with Crippen LogP contribution in [0.4, 0.5) is 16.3 Å². The topological polar surface area (TPSA) is 99.0 Å². The van der Waals surface area contributed by atoms with Gasteiger partial charge in [0.05, 0.1) is 31.1 Å². The summed E-state index contributed by atoms with van der Waals surface area (Å²) in [6.07, 6.45) is 1.55. The summed E-state index contributed by atoms with van der Waals surface area (Å²) >= 11 is 0. The fourth-order valence-electron chi connectivity index (χ4n) is 4.51. The van der Waals surface area contributed by atoms with Gasteiger partial charge in [-0.25, -0.2) is 14.8 Å². The minimum Gasteiger partial charge on any atom is -0.465 e. The normalized spacial score (nSPS) is 19.5. The first kappa shape index (κ1) is 21.4.